The highest BCUT2D eigenvalue weighted by atomic mass is 19.2. The molecule has 27 heavy (non-hydrogen) atoms. The Kier molecular flexibility index (Phi) is 4.35. The number of carbonyl (C=O) groups excluding carboxylic acids is 1. The number of rotatable bonds is 4. The van der Waals surface area contributed by atoms with E-state index in [0.717, 1.165) is 17.7 Å². The van der Waals surface area contributed by atoms with Gasteiger partial charge in [0.25, 0.3) is 0 Å². The number of halogens is 3. The van der Waals surface area contributed by atoms with Crippen molar-refractivity contribution in [2.45, 2.75) is 12.3 Å². The van der Waals surface area contributed by atoms with Gasteiger partial charge in [-0.1, -0.05) is 30.3 Å². The van der Waals surface area contributed by atoms with E-state index in [1.54, 1.807) is 12.1 Å². The van der Waals surface area contributed by atoms with Crippen molar-refractivity contribution in [3.63, 3.8) is 0 Å². The van der Waals surface area contributed by atoms with Crippen molar-refractivity contribution in [2.75, 3.05) is 5.32 Å². The molecule has 1 amide bonds. The van der Waals surface area contributed by atoms with E-state index in [2.05, 4.69) is 15.5 Å². The van der Waals surface area contributed by atoms with Crippen molar-refractivity contribution >= 4 is 11.7 Å². The lowest BCUT2D eigenvalue weighted by Crippen LogP contribution is -2.16. The van der Waals surface area contributed by atoms with Crippen LogP contribution in [0, 0.1) is 23.4 Å². The summed E-state index contributed by atoms with van der Waals surface area (Å²) in [6, 6.07) is 14.7. The second-order valence-corrected chi connectivity index (χ2v) is 6.41. The minimum Gasteiger partial charge on any atom is -0.309 e. The normalized spacial score (nSPS) is 18.2. The smallest absolute Gasteiger partial charge is 0.229 e. The van der Waals surface area contributed by atoms with Gasteiger partial charge in [0.1, 0.15) is 0 Å². The molecule has 1 fully saturated rings. The summed E-state index contributed by atoms with van der Waals surface area (Å²) in [7, 11) is 0. The first kappa shape index (κ1) is 17.2. The van der Waals surface area contributed by atoms with Gasteiger partial charge in [0.2, 0.25) is 5.91 Å². The minimum absolute atomic E-state index is 0.275. The molecule has 0 saturated heterocycles. The number of hydrogen-bond donors (Lipinski definition) is 1. The number of benzene rings is 2. The summed E-state index contributed by atoms with van der Waals surface area (Å²) < 4.78 is 39.7. The highest BCUT2D eigenvalue weighted by Crippen LogP contribution is 2.48. The molecule has 0 aliphatic heterocycles. The van der Waals surface area contributed by atoms with Crippen LogP contribution in [0.5, 0.6) is 0 Å². The molecular formula is C20H14F3N3O. The molecule has 2 unspecified atom stereocenters. The first-order valence-corrected chi connectivity index (χ1v) is 8.37. The largest absolute Gasteiger partial charge is 0.309 e. The molecule has 4 rings (SSSR count). The zero-order valence-electron chi connectivity index (χ0n) is 14.0. The fraction of sp³-hybridized carbons (Fsp3) is 0.150. The van der Waals surface area contributed by atoms with Crippen LogP contribution in [0.1, 0.15) is 17.9 Å². The van der Waals surface area contributed by atoms with Crippen LogP contribution in [0.15, 0.2) is 54.6 Å². The molecule has 1 heterocycles. The Labute approximate surface area is 153 Å². The Morgan fingerprint density at radius 3 is 2.30 bits per heavy atom. The van der Waals surface area contributed by atoms with Crippen LogP contribution < -0.4 is 5.32 Å². The van der Waals surface area contributed by atoms with Gasteiger partial charge in [0.15, 0.2) is 23.3 Å². The van der Waals surface area contributed by atoms with E-state index in [4.69, 9.17) is 0 Å². The average molecular weight is 369 g/mol. The molecule has 0 spiro atoms. The summed E-state index contributed by atoms with van der Waals surface area (Å²) in [5.41, 5.74) is 1.86. The van der Waals surface area contributed by atoms with Gasteiger partial charge in [-0.15, -0.1) is 10.2 Å². The van der Waals surface area contributed by atoms with Crippen LogP contribution in [-0.2, 0) is 4.79 Å². The number of amides is 1. The Hall–Kier alpha value is -3.22. The SMILES string of the molecule is O=C(Nc1ccc(-c2ccccc2)nn1)C1CC1c1cc(F)c(F)c(F)c1. The van der Waals surface area contributed by atoms with Crippen molar-refractivity contribution in [1.29, 1.82) is 0 Å². The fourth-order valence-corrected chi connectivity index (χ4v) is 3.02. The van der Waals surface area contributed by atoms with Gasteiger partial charge < -0.3 is 5.32 Å². The molecule has 1 saturated carbocycles. The van der Waals surface area contributed by atoms with Gasteiger partial charge in [-0.2, -0.15) is 0 Å². The Bertz CT molecular complexity index is 970. The van der Waals surface area contributed by atoms with Crippen LogP contribution in [-0.4, -0.2) is 16.1 Å². The van der Waals surface area contributed by atoms with E-state index < -0.39 is 23.4 Å². The molecule has 4 nitrogen and oxygen atoms in total. The lowest BCUT2D eigenvalue weighted by Gasteiger charge is -2.06. The van der Waals surface area contributed by atoms with Crippen molar-refractivity contribution in [3.05, 3.63) is 77.6 Å². The van der Waals surface area contributed by atoms with Gasteiger partial charge in [-0.05, 0) is 42.2 Å². The summed E-state index contributed by atoms with van der Waals surface area (Å²) in [5.74, 6) is -4.81. The molecule has 1 aliphatic rings. The van der Waals surface area contributed by atoms with E-state index in [0.29, 0.717) is 17.9 Å². The maximum atomic E-state index is 13.3. The summed E-state index contributed by atoms with van der Waals surface area (Å²) in [6.07, 6.45) is 0.436. The van der Waals surface area contributed by atoms with Crippen molar-refractivity contribution in [3.8, 4) is 11.3 Å². The van der Waals surface area contributed by atoms with Gasteiger partial charge in [0, 0.05) is 11.5 Å². The molecule has 1 aliphatic carbocycles. The number of nitrogens with zero attached hydrogens (tertiary/aromatic N) is 2. The molecular weight excluding hydrogens is 355 g/mol. The lowest BCUT2D eigenvalue weighted by molar-refractivity contribution is -0.117. The third-order valence-corrected chi connectivity index (χ3v) is 4.55. The summed E-state index contributed by atoms with van der Waals surface area (Å²) in [5, 5.41) is 10.7. The maximum Gasteiger partial charge on any atom is 0.229 e. The average Bonchev–Trinajstić information content (AvgIpc) is 3.48. The molecule has 2 atom stereocenters. The van der Waals surface area contributed by atoms with Crippen molar-refractivity contribution < 1.29 is 18.0 Å². The highest BCUT2D eigenvalue weighted by molar-refractivity contribution is 5.94. The summed E-state index contributed by atoms with van der Waals surface area (Å²) >= 11 is 0. The number of aromatic nitrogens is 2. The summed E-state index contributed by atoms with van der Waals surface area (Å²) in [6.45, 7) is 0. The number of hydrogen-bond acceptors (Lipinski definition) is 3. The molecule has 3 aromatic rings. The van der Waals surface area contributed by atoms with Gasteiger partial charge >= 0.3 is 0 Å². The second-order valence-electron chi connectivity index (χ2n) is 6.41. The monoisotopic (exact) mass is 369 g/mol. The quantitative estimate of drug-likeness (QED) is 0.698. The maximum absolute atomic E-state index is 13.3. The van der Waals surface area contributed by atoms with Crippen LogP contribution in [0.25, 0.3) is 11.3 Å². The van der Waals surface area contributed by atoms with E-state index in [1.807, 2.05) is 30.3 Å². The predicted octanol–water partition coefficient (Wildman–Crippen LogP) is 4.30. The van der Waals surface area contributed by atoms with E-state index in [9.17, 15) is 18.0 Å². The van der Waals surface area contributed by atoms with Crippen LogP contribution >= 0.6 is 0 Å². The van der Waals surface area contributed by atoms with Crippen LogP contribution in [0.2, 0.25) is 0 Å². The van der Waals surface area contributed by atoms with E-state index in [-0.39, 0.29) is 17.4 Å². The van der Waals surface area contributed by atoms with Crippen LogP contribution in [0.4, 0.5) is 19.0 Å². The zero-order chi connectivity index (χ0) is 19.0. The Morgan fingerprint density at radius 2 is 1.67 bits per heavy atom. The highest BCUT2D eigenvalue weighted by Gasteiger charge is 2.44. The van der Waals surface area contributed by atoms with Crippen LogP contribution in [0.3, 0.4) is 0 Å². The predicted molar refractivity (Wildman–Crippen MR) is 93.3 cm³/mol. The third kappa shape index (κ3) is 3.53. The van der Waals surface area contributed by atoms with Gasteiger partial charge in [-0.3, -0.25) is 4.79 Å². The standard InChI is InChI=1S/C20H14F3N3O/c21-15-8-12(9-16(22)19(15)23)13-10-14(13)20(27)24-18-7-6-17(25-26-18)11-4-2-1-3-5-11/h1-9,13-14H,10H2,(H,24,26,27). The van der Waals surface area contributed by atoms with E-state index in [1.165, 1.54) is 0 Å². The van der Waals surface area contributed by atoms with Gasteiger partial charge in [0.05, 0.1) is 5.69 Å². The number of anilines is 1. The second kappa shape index (κ2) is 6.83. The van der Waals surface area contributed by atoms with Gasteiger partial charge in [-0.25, -0.2) is 13.2 Å². The molecule has 1 N–H and O–H groups in total. The first-order valence-electron chi connectivity index (χ1n) is 8.37. The van der Waals surface area contributed by atoms with Crippen molar-refractivity contribution in [1.82, 2.24) is 10.2 Å². The summed E-state index contributed by atoms with van der Waals surface area (Å²) in [4.78, 5) is 12.3. The number of carbonyl (C=O) groups is 1. The molecule has 1 aromatic heterocycles. The Morgan fingerprint density at radius 1 is 0.963 bits per heavy atom. The van der Waals surface area contributed by atoms with Crippen molar-refractivity contribution in [2.24, 2.45) is 5.92 Å². The molecule has 136 valence electrons. The molecule has 0 bridgehead atoms. The minimum atomic E-state index is -1.51. The Balaban J connectivity index is 1.42. The first-order chi connectivity index (χ1) is 13.0. The third-order valence-electron chi connectivity index (χ3n) is 4.55. The topological polar surface area (TPSA) is 54.9 Å². The zero-order valence-corrected chi connectivity index (χ0v) is 14.0. The number of nitrogens with one attached hydrogen (secondary N) is 1. The van der Waals surface area contributed by atoms with E-state index >= 15 is 0 Å². The molecule has 0 radical (unpaired) electrons. The fourth-order valence-electron chi connectivity index (χ4n) is 3.02. The molecule has 2 aromatic carbocycles. The lowest BCUT2D eigenvalue weighted by atomic mass is 10.1. The molecule has 7 heteroatoms.